The number of carbonyl (C=O) groups excluding carboxylic acids is 2. The molecule has 0 fully saturated rings. The van der Waals surface area contributed by atoms with Crippen molar-refractivity contribution in [1.29, 1.82) is 0 Å². The molecule has 0 unspecified atom stereocenters. The average Bonchev–Trinajstić information content (AvgIpc) is 3.23. The molecule has 9 nitrogen and oxygen atoms in total. The Kier molecular flexibility index (Phi) is 9.10. The average molecular weight is 482 g/mol. The summed E-state index contributed by atoms with van der Waals surface area (Å²) >= 11 is 1.29. The first-order valence-electron chi connectivity index (χ1n) is 10.5. The summed E-state index contributed by atoms with van der Waals surface area (Å²) in [5.74, 6) is 1.65. The Morgan fingerprint density at radius 2 is 1.76 bits per heavy atom. The molecule has 0 spiro atoms. The van der Waals surface area contributed by atoms with Crippen LogP contribution >= 0.6 is 11.8 Å². The fraction of sp³-hybridized carbons (Fsp3) is 0.250. The molecule has 0 atom stereocenters. The van der Waals surface area contributed by atoms with E-state index >= 15 is 0 Å². The zero-order chi connectivity index (χ0) is 24.3. The molecule has 3 rings (SSSR count). The first-order chi connectivity index (χ1) is 16.5. The number of benzene rings is 2. The Morgan fingerprint density at radius 1 is 1.00 bits per heavy atom. The third-order valence-electron chi connectivity index (χ3n) is 4.85. The van der Waals surface area contributed by atoms with Crippen molar-refractivity contribution < 1.29 is 19.1 Å². The maximum atomic E-state index is 12.2. The predicted molar refractivity (Wildman–Crippen MR) is 130 cm³/mol. The molecular formula is C24H27N5O4S. The van der Waals surface area contributed by atoms with E-state index in [9.17, 15) is 9.59 Å². The third-order valence-corrected chi connectivity index (χ3v) is 5.87. The standard InChI is InChI=1S/C24H27N5O4S/c1-29-21(15-26-22(30)12-10-17-9-11-19(32-2)20(13-17)33-3)27-28-24(29)34-16-23(31)25-14-18-7-5-4-6-8-18/h4-13H,14-16H2,1-3H3,(H,25,31)(H,26,30)/b12-10+. The van der Waals surface area contributed by atoms with E-state index in [2.05, 4.69) is 20.8 Å². The molecule has 2 aromatic carbocycles. The van der Waals surface area contributed by atoms with Crippen LogP contribution in [0, 0.1) is 0 Å². The molecule has 1 aromatic heterocycles. The van der Waals surface area contributed by atoms with Gasteiger partial charge in [-0.15, -0.1) is 10.2 Å². The lowest BCUT2D eigenvalue weighted by atomic mass is 10.2. The van der Waals surface area contributed by atoms with Crippen LogP contribution in [-0.2, 0) is 29.7 Å². The summed E-state index contributed by atoms with van der Waals surface area (Å²) < 4.78 is 12.2. The lowest BCUT2D eigenvalue weighted by Crippen LogP contribution is -2.24. The van der Waals surface area contributed by atoms with Crippen molar-refractivity contribution in [3.63, 3.8) is 0 Å². The molecule has 10 heteroatoms. The molecule has 0 saturated carbocycles. The Labute approximate surface area is 202 Å². The Hall–Kier alpha value is -3.79. The number of hydrogen-bond donors (Lipinski definition) is 2. The molecule has 1 heterocycles. The van der Waals surface area contributed by atoms with Gasteiger partial charge in [-0.1, -0.05) is 48.2 Å². The number of carbonyl (C=O) groups is 2. The van der Waals surface area contributed by atoms with Crippen LogP contribution in [0.4, 0.5) is 0 Å². The van der Waals surface area contributed by atoms with Crippen LogP contribution in [0.5, 0.6) is 11.5 Å². The van der Waals surface area contributed by atoms with Gasteiger partial charge < -0.3 is 24.7 Å². The van der Waals surface area contributed by atoms with Gasteiger partial charge in [0.15, 0.2) is 22.5 Å². The second-order valence-corrected chi connectivity index (χ2v) is 8.12. The number of nitrogens with zero attached hydrogens (tertiary/aromatic N) is 3. The highest BCUT2D eigenvalue weighted by atomic mass is 32.2. The summed E-state index contributed by atoms with van der Waals surface area (Å²) in [6.45, 7) is 0.687. The van der Waals surface area contributed by atoms with Crippen LogP contribution in [0.3, 0.4) is 0 Å². The van der Waals surface area contributed by atoms with Gasteiger partial charge in [-0.25, -0.2) is 0 Å². The minimum Gasteiger partial charge on any atom is -0.493 e. The van der Waals surface area contributed by atoms with Crippen LogP contribution in [0.15, 0.2) is 59.8 Å². The van der Waals surface area contributed by atoms with E-state index in [0.717, 1.165) is 11.1 Å². The van der Waals surface area contributed by atoms with Crippen LogP contribution in [0.25, 0.3) is 6.08 Å². The van der Waals surface area contributed by atoms with E-state index in [1.807, 2.05) is 36.4 Å². The highest BCUT2D eigenvalue weighted by Crippen LogP contribution is 2.27. The second kappa shape index (κ2) is 12.4. The zero-order valence-corrected chi connectivity index (χ0v) is 20.1. The summed E-state index contributed by atoms with van der Waals surface area (Å²) in [6, 6.07) is 15.1. The van der Waals surface area contributed by atoms with Crippen molar-refractivity contribution in [3.05, 3.63) is 71.6 Å². The monoisotopic (exact) mass is 481 g/mol. The van der Waals surface area contributed by atoms with Crippen molar-refractivity contribution in [2.75, 3.05) is 20.0 Å². The molecule has 0 radical (unpaired) electrons. The van der Waals surface area contributed by atoms with Gasteiger partial charge in [0, 0.05) is 19.7 Å². The summed E-state index contributed by atoms with van der Waals surface area (Å²) in [5.41, 5.74) is 1.84. The third kappa shape index (κ3) is 7.11. The number of rotatable bonds is 11. The van der Waals surface area contributed by atoms with Crippen LogP contribution < -0.4 is 20.1 Å². The van der Waals surface area contributed by atoms with E-state index in [-0.39, 0.29) is 24.1 Å². The van der Waals surface area contributed by atoms with Crippen molar-refractivity contribution in [2.24, 2.45) is 7.05 Å². The van der Waals surface area contributed by atoms with Crippen LogP contribution in [0.2, 0.25) is 0 Å². The molecule has 178 valence electrons. The zero-order valence-electron chi connectivity index (χ0n) is 19.3. The second-order valence-electron chi connectivity index (χ2n) is 7.17. The molecule has 2 N–H and O–H groups in total. The fourth-order valence-corrected chi connectivity index (χ4v) is 3.72. The molecular weight excluding hydrogens is 454 g/mol. The Morgan fingerprint density at radius 3 is 2.50 bits per heavy atom. The Balaban J connectivity index is 1.46. The molecule has 3 aromatic rings. The number of aromatic nitrogens is 3. The van der Waals surface area contributed by atoms with Gasteiger partial charge in [-0.05, 0) is 29.3 Å². The summed E-state index contributed by atoms with van der Waals surface area (Å²) in [7, 11) is 4.92. The maximum Gasteiger partial charge on any atom is 0.244 e. The highest BCUT2D eigenvalue weighted by molar-refractivity contribution is 7.99. The molecule has 0 aliphatic carbocycles. The van der Waals surface area contributed by atoms with Crippen LogP contribution in [0.1, 0.15) is 17.0 Å². The van der Waals surface area contributed by atoms with Gasteiger partial charge in [0.25, 0.3) is 0 Å². The van der Waals surface area contributed by atoms with Gasteiger partial charge in [0.1, 0.15) is 0 Å². The van der Waals surface area contributed by atoms with Gasteiger partial charge in [-0.3, -0.25) is 9.59 Å². The topological polar surface area (TPSA) is 107 Å². The summed E-state index contributed by atoms with van der Waals surface area (Å²) in [6.07, 6.45) is 3.12. The molecule has 0 aliphatic heterocycles. The maximum absolute atomic E-state index is 12.2. The summed E-state index contributed by atoms with van der Waals surface area (Å²) in [4.78, 5) is 24.3. The van der Waals surface area contributed by atoms with Gasteiger partial charge in [-0.2, -0.15) is 0 Å². The first-order valence-corrected chi connectivity index (χ1v) is 11.5. The minimum absolute atomic E-state index is 0.0907. The largest absolute Gasteiger partial charge is 0.493 e. The number of thioether (sulfide) groups is 1. The van der Waals surface area contributed by atoms with E-state index in [1.165, 1.54) is 17.8 Å². The quantitative estimate of drug-likeness (QED) is 0.320. The van der Waals surface area contributed by atoms with Crippen molar-refractivity contribution in [1.82, 2.24) is 25.4 Å². The van der Waals surface area contributed by atoms with E-state index in [0.29, 0.717) is 29.0 Å². The smallest absolute Gasteiger partial charge is 0.244 e. The summed E-state index contributed by atoms with van der Waals surface area (Å²) in [5, 5.41) is 14.5. The number of nitrogens with one attached hydrogen (secondary N) is 2. The molecule has 0 saturated heterocycles. The molecule has 0 bridgehead atoms. The minimum atomic E-state index is -0.271. The predicted octanol–water partition coefficient (Wildman–Crippen LogP) is 2.57. The fourth-order valence-electron chi connectivity index (χ4n) is 2.96. The molecule has 2 amide bonds. The molecule has 34 heavy (non-hydrogen) atoms. The number of amides is 2. The van der Waals surface area contributed by atoms with Crippen molar-refractivity contribution in [2.45, 2.75) is 18.2 Å². The molecule has 0 aliphatic rings. The van der Waals surface area contributed by atoms with Gasteiger partial charge in [0.2, 0.25) is 11.8 Å². The number of hydrogen-bond acceptors (Lipinski definition) is 7. The Bertz CT molecular complexity index is 1150. The van der Waals surface area contributed by atoms with Gasteiger partial charge >= 0.3 is 0 Å². The number of methoxy groups -OCH3 is 2. The van der Waals surface area contributed by atoms with E-state index in [1.54, 1.807) is 44.0 Å². The highest BCUT2D eigenvalue weighted by Gasteiger charge is 2.12. The van der Waals surface area contributed by atoms with E-state index < -0.39 is 0 Å². The normalized spacial score (nSPS) is 10.8. The van der Waals surface area contributed by atoms with E-state index in [4.69, 9.17) is 9.47 Å². The van der Waals surface area contributed by atoms with Crippen molar-refractivity contribution >= 4 is 29.7 Å². The van der Waals surface area contributed by atoms with Crippen molar-refractivity contribution in [3.8, 4) is 11.5 Å². The van der Waals surface area contributed by atoms with Crippen LogP contribution in [-0.4, -0.2) is 46.6 Å². The lowest BCUT2D eigenvalue weighted by Gasteiger charge is -2.07. The van der Waals surface area contributed by atoms with Gasteiger partial charge in [0.05, 0.1) is 26.5 Å². The first kappa shape index (κ1) is 24.8. The lowest BCUT2D eigenvalue weighted by molar-refractivity contribution is -0.119. The number of ether oxygens (including phenoxy) is 2. The SMILES string of the molecule is COc1ccc(/C=C/C(=O)NCc2nnc(SCC(=O)NCc3ccccc3)n2C)cc1OC.